The zero-order valence-electron chi connectivity index (χ0n) is 9.88. The molecule has 1 aliphatic heterocycles. The Kier molecular flexibility index (Phi) is 4.20. The Morgan fingerprint density at radius 1 is 1.58 bits per heavy atom. The van der Waals surface area contributed by atoms with Crippen molar-refractivity contribution in [1.29, 1.82) is 0 Å². The Morgan fingerprint density at radius 3 is 2.89 bits per heavy atom. The molecule has 2 rings (SSSR count). The Labute approximate surface area is 119 Å². The highest BCUT2D eigenvalue weighted by Crippen LogP contribution is 2.26. The van der Waals surface area contributed by atoms with E-state index < -0.39 is 23.1 Å². The molecule has 1 unspecified atom stereocenters. The molecule has 1 aromatic rings. The monoisotopic (exact) mass is 350 g/mol. The van der Waals surface area contributed by atoms with E-state index in [4.69, 9.17) is 10.5 Å². The number of carbonyl (C=O) groups excluding carboxylic acids is 1. The van der Waals surface area contributed by atoms with Crippen LogP contribution in [0.15, 0.2) is 9.63 Å². The molecule has 104 valence electrons. The van der Waals surface area contributed by atoms with Gasteiger partial charge in [0.05, 0.1) is 17.3 Å². The Hall–Kier alpha value is -1.42. The van der Waals surface area contributed by atoms with Crippen LogP contribution in [0.1, 0.15) is 0 Å². The van der Waals surface area contributed by atoms with Crippen molar-refractivity contribution in [3.8, 4) is 0 Å². The maximum Gasteiger partial charge on any atom is 0.508 e. The minimum atomic E-state index is -1.34. The molecule has 3 N–H and O–H groups in total. The second kappa shape index (κ2) is 5.70. The van der Waals surface area contributed by atoms with Crippen molar-refractivity contribution in [2.24, 2.45) is 0 Å². The number of rotatable bonds is 4. The van der Waals surface area contributed by atoms with E-state index in [1.54, 1.807) is 0 Å². The fourth-order valence-corrected chi connectivity index (χ4v) is 2.13. The number of anilines is 2. The Bertz CT molecular complexity index is 541. The molecule has 2 heterocycles. The van der Waals surface area contributed by atoms with Gasteiger partial charge < -0.3 is 20.5 Å². The van der Waals surface area contributed by atoms with E-state index in [-0.39, 0.29) is 17.6 Å². The molecule has 0 amide bonds. The Balaban J connectivity index is 2.10. The molecule has 0 bridgehead atoms. The molecule has 2 atom stereocenters. The summed E-state index contributed by atoms with van der Waals surface area (Å²) >= 11 is 3.23. The fraction of sp³-hybridized carbons (Fsp3) is 0.444. The first-order valence-electron chi connectivity index (χ1n) is 5.21. The van der Waals surface area contributed by atoms with Gasteiger partial charge in [0.15, 0.2) is 6.10 Å². The summed E-state index contributed by atoms with van der Waals surface area (Å²) < 4.78 is 21.3. The summed E-state index contributed by atoms with van der Waals surface area (Å²) in [5.41, 5.74) is 5.68. The van der Waals surface area contributed by atoms with Crippen LogP contribution in [0, 0.1) is 0 Å². The number of hydrogen-bond donors (Lipinski definition) is 2. The zero-order valence-corrected chi connectivity index (χ0v) is 12.3. The summed E-state index contributed by atoms with van der Waals surface area (Å²) in [7, 11) is -1.34. The second-order valence-electron chi connectivity index (χ2n) is 3.69. The van der Waals surface area contributed by atoms with E-state index in [1.165, 1.54) is 6.26 Å². The summed E-state index contributed by atoms with van der Waals surface area (Å²) in [6.07, 6.45) is 0.369. The lowest BCUT2D eigenvalue weighted by molar-refractivity contribution is 0.120. The second-order valence-corrected chi connectivity index (χ2v) is 5.76. The molecule has 1 fully saturated rings. The number of aromatic nitrogens is 2. The van der Waals surface area contributed by atoms with E-state index in [0.29, 0.717) is 16.8 Å². The fourth-order valence-electron chi connectivity index (χ4n) is 1.37. The highest BCUT2D eigenvalue weighted by Gasteiger charge is 2.25. The molecular formula is C9H11BrN4O4S. The Morgan fingerprint density at radius 2 is 2.32 bits per heavy atom. The third-order valence-electron chi connectivity index (χ3n) is 2.26. The number of nitrogens with zero attached hydrogens (tertiary/aromatic N) is 2. The first-order valence-corrected chi connectivity index (χ1v) is 7.56. The summed E-state index contributed by atoms with van der Waals surface area (Å²) in [6.45, 7) is 0.479. The smallest absolute Gasteiger partial charge is 0.430 e. The minimum Gasteiger partial charge on any atom is -0.430 e. The third kappa shape index (κ3) is 3.32. The van der Waals surface area contributed by atoms with E-state index in [2.05, 4.69) is 36.0 Å². The van der Waals surface area contributed by atoms with Crippen LogP contribution in [0.2, 0.25) is 0 Å². The van der Waals surface area contributed by atoms with Gasteiger partial charge in [-0.2, -0.15) is 0 Å². The molecule has 8 nitrogen and oxygen atoms in total. The normalized spacial score (nSPS) is 19.7. The lowest BCUT2D eigenvalue weighted by atomic mass is 10.4. The van der Waals surface area contributed by atoms with Crippen molar-refractivity contribution >= 4 is 44.5 Å². The van der Waals surface area contributed by atoms with Gasteiger partial charge in [0, 0.05) is 6.26 Å². The predicted molar refractivity (Wildman–Crippen MR) is 71.2 cm³/mol. The van der Waals surface area contributed by atoms with Gasteiger partial charge in [-0.15, -0.1) is 0 Å². The van der Waals surface area contributed by atoms with Crippen LogP contribution in [-0.4, -0.2) is 45.8 Å². The van der Waals surface area contributed by atoms with Crippen molar-refractivity contribution < 1.29 is 18.5 Å². The van der Waals surface area contributed by atoms with Crippen molar-refractivity contribution in [1.82, 2.24) is 9.97 Å². The summed E-state index contributed by atoms with van der Waals surface area (Å²) in [5.74, 6) is 0.572. The van der Waals surface area contributed by atoms with Gasteiger partial charge >= 0.3 is 6.16 Å². The zero-order chi connectivity index (χ0) is 14.0. The quantitative estimate of drug-likeness (QED) is 0.595. The van der Waals surface area contributed by atoms with Crippen molar-refractivity contribution in [3.63, 3.8) is 0 Å². The van der Waals surface area contributed by atoms with Crippen molar-refractivity contribution in [2.75, 3.05) is 30.5 Å². The molecule has 0 aliphatic carbocycles. The number of hydrogen-bond acceptors (Lipinski definition) is 8. The van der Waals surface area contributed by atoms with Gasteiger partial charge in [0.25, 0.3) is 0 Å². The predicted octanol–water partition coefficient (Wildman–Crippen LogP) is 0.506. The van der Waals surface area contributed by atoms with Crippen LogP contribution < -0.4 is 11.1 Å². The van der Waals surface area contributed by atoms with Gasteiger partial charge in [-0.3, -0.25) is 4.21 Å². The number of carbonyl (C=O) groups is 1. The van der Waals surface area contributed by atoms with E-state index in [1.807, 2.05) is 0 Å². The van der Waals surface area contributed by atoms with Gasteiger partial charge in [-0.25, -0.2) is 14.8 Å². The van der Waals surface area contributed by atoms with Crippen LogP contribution >= 0.6 is 15.9 Å². The van der Waals surface area contributed by atoms with Crippen LogP contribution in [0.4, 0.5) is 16.4 Å². The highest BCUT2D eigenvalue weighted by atomic mass is 79.9. The molecule has 19 heavy (non-hydrogen) atoms. The van der Waals surface area contributed by atoms with Crippen LogP contribution in [0.5, 0.6) is 0 Å². The SMILES string of the molecule is CS(=O)c1nc(N)c(Br)c(NC[C@@H]2COC(=O)O2)n1. The number of nitrogen functional groups attached to an aromatic ring is 1. The molecule has 1 aromatic heterocycles. The molecule has 1 saturated heterocycles. The molecule has 0 saturated carbocycles. The first kappa shape index (κ1) is 14.0. The average molecular weight is 351 g/mol. The molecule has 0 radical (unpaired) electrons. The summed E-state index contributed by atoms with van der Waals surface area (Å²) in [4.78, 5) is 18.7. The molecule has 0 spiro atoms. The van der Waals surface area contributed by atoms with Gasteiger partial charge in [0.1, 0.15) is 22.7 Å². The average Bonchev–Trinajstić information content (AvgIpc) is 2.76. The molecule has 10 heteroatoms. The van der Waals surface area contributed by atoms with Crippen molar-refractivity contribution in [2.45, 2.75) is 11.3 Å². The number of nitrogens with two attached hydrogens (primary N) is 1. The minimum absolute atomic E-state index is 0.128. The maximum absolute atomic E-state index is 11.4. The maximum atomic E-state index is 11.4. The van der Waals surface area contributed by atoms with Crippen LogP contribution in [0.3, 0.4) is 0 Å². The lowest BCUT2D eigenvalue weighted by Crippen LogP contribution is -2.23. The largest absolute Gasteiger partial charge is 0.508 e. The number of nitrogens with one attached hydrogen (secondary N) is 1. The number of halogens is 1. The molecular weight excluding hydrogens is 340 g/mol. The summed E-state index contributed by atoms with van der Waals surface area (Å²) in [6, 6.07) is 0. The standard InChI is InChI=1S/C9H11BrN4O4S/c1-19(16)8-13-6(11)5(10)7(14-8)12-2-4-3-17-9(15)18-4/h4H,2-3H2,1H3,(H3,11,12,13,14)/t4-,19?/m1/s1. The number of ether oxygens (including phenoxy) is 2. The van der Waals surface area contributed by atoms with E-state index in [9.17, 15) is 9.00 Å². The van der Waals surface area contributed by atoms with Gasteiger partial charge in [-0.1, -0.05) is 0 Å². The molecule has 0 aromatic carbocycles. The highest BCUT2D eigenvalue weighted by molar-refractivity contribution is 9.10. The number of cyclic esters (lactones) is 2. The van der Waals surface area contributed by atoms with E-state index in [0.717, 1.165) is 0 Å². The van der Waals surface area contributed by atoms with Crippen LogP contribution in [0.25, 0.3) is 0 Å². The lowest BCUT2D eigenvalue weighted by Gasteiger charge is -2.12. The summed E-state index contributed by atoms with van der Waals surface area (Å²) in [5, 5.41) is 3.07. The topological polar surface area (TPSA) is 116 Å². The van der Waals surface area contributed by atoms with Gasteiger partial charge in [0.2, 0.25) is 5.16 Å². The van der Waals surface area contributed by atoms with Crippen LogP contribution in [-0.2, 0) is 20.3 Å². The third-order valence-corrected chi connectivity index (χ3v) is 3.74. The van der Waals surface area contributed by atoms with Gasteiger partial charge in [-0.05, 0) is 15.9 Å². The first-order chi connectivity index (χ1) is 8.97. The van der Waals surface area contributed by atoms with E-state index >= 15 is 0 Å². The van der Waals surface area contributed by atoms with Crippen molar-refractivity contribution in [3.05, 3.63) is 4.47 Å². The molecule has 1 aliphatic rings.